The van der Waals surface area contributed by atoms with E-state index in [0.717, 1.165) is 19.3 Å². The predicted molar refractivity (Wildman–Crippen MR) is 61.0 cm³/mol. The van der Waals surface area contributed by atoms with Crippen LogP contribution in [0.2, 0.25) is 0 Å². The van der Waals surface area contributed by atoms with Gasteiger partial charge in [0.05, 0.1) is 10.9 Å². The van der Waals surface area contributed by atoms with Gasteiger partial charge in [-0.15, -0.1) is 10.2 Å². The summed E-state index contributed by atoms with van der Waals surface area (Å²) in [7, 11) is 1.70. The summed E-state index contributed by atoms with van der Waals surface area (Å²) < 4.78 is 10.7. The summed E-state index contributed by atoms with van der Waals surface area (Å²) >= 11 is 3.47. The first kappa shape index (κ1) is 12.6. The van der Waals surface area contributed by atoms with E-state index in [1.807, 2.05) is 6.92 Å². The van der Waals surface area contributed by atoms with Crippen LogP contribution in [-0.4, -0.2) is 23.4 Å². The Bertz CT molecular complexity index is 291. The Morgan fingerprint density at radius 3 is 2.80 bits per heavy atom. The average Bonchev–Trinajstić information content (AvgIpc) is 2.73. The van der Waals surface area contributed by atoms with E-state index < -0.39 is 0 Å². The van der Waals surface area contributed by atoms with Crippen molar-refractivity contribution in [2.45, 2.75) is 44.0 Å². The Morgan fingerprint density at radius 2 is 2.20 bits per heavy atom. The summed E-state index contributed by atoms with van der Waals surface area (Å²) in [6, 6.07) is 0. The molecule has 0 aliphatic carbocycles. The second-order valence-corrected chi connectivity index (χ2v) is 4.60. The van der Waals surface area contributed by atoms with Crippen LogP contribution in [-0.2, 0) is 11.2 Å². The van der Waals surface area contributed by atoms with E-state index in [4.69, 9.17) is 9.15 Å². The second kappa shape index (κ2) is 6.23. The molecule has 86 valence electrons. The molecule has 1 heterocycles. The van der Waals surface area contributed by atoms with Crippen LogP contribution in [0, 0.1) is 0 Å². The zero-order valence-electron chi connectivity index (χ0n) is 9.36. The van der Waals surface area contributed by atoms with Crippen LogP contribution in [0.5, 0.6) is 0 Å². The van der Waals surface area contributed by atoms with Gasteiger partial charge in [0.15, 0.2) is 0 Å². The Hall–Kier alpha value is -0.420. The van der Waals surface area contributed by atoms with E-state index in [1.165, 1.54) is 0 Å². The Kier molecular flexibility index (Phi) is 5.25. The number of aryl methyl sites for hydroxylation is 1. The number of halogens is 1. The van der Waals surface area contributed by atoms with Crippen LogP contribution in [0.1, 0.15) is 43.3 Å². The third kappa shape index (κ3) is 3.91. The highest BCUT2D eigenvalue weighted by Crippen LogP contribution is 2.24. The zero-order chi connectivity index (χ0) is 11.3. The molecule has 0 aliphatic heterocycles. The van der Waals surface area contributed by atoms with E-state index in [9.17, 15) is 0 Å². The summed E-state index contributed by atoms with van der Waals surface area (Å²) in [4.78, 5) is 0.165. The molecule has 4 nitrogen and oxygen atoms in total. The molecular weight excluding hydrogens is 260 g/mol. The van der Waals surface area contributed by atoms with Crippen molar-refractivity contribution in [3.8, 4) is 0 Å². The molecule has 2 atom stereocenters. The Morgan fingerprint density at radius 1 is 1.47 bits per heavy atom. The number of methoxy groups -OCH3 is 1. The quantitative estimate of drug-likeness (QED) is 0.750. The molecule has 0 amide bonds. The molecule has 0 aliphatic rings. The maximum atomic E-state index is 5.51. The number of rotatable bonds is 6. The minimum Gasteiger partial charge on any atom is -0.424 e. The molecule has 1 rings (SSSR count). The smallest absolute Gasteiger partial charge is 0.230 e. The summed E-state index contributed by atoms with van der Waals surface area (Å²) in [6.45, 7) is 4.09. The molecule has 1 aromatic rings. The van der Waals surface area contributed by atoms with Crippen molar-refractivity contribution in [3.05, 3.63) is 11.8 Å². The normalized spacial score (nSPS) is 15.2. The fourth-order valence-corrected chi connectivity index (χ4v) is 1.30. The monoisotopic (exact) mass is 276 g/mol. The van der Waals surface area contributed by atoms with Gasteiger partial charge in [0.1, 0.15) is 0 Å². The van der Waals surface area contributed by atoms with E-state index >= 15 is 0 Å². The van der Waals surface area contributed by atoms with Gasteiger partial charge in [-0.2, -0.15) is 0 Å². The lowest BCUT2D eigenvalue weighted by atomic mass is 10.2. The van der Waals surface area contributed by atoms with Gasteiger partial charge < -0.3 is 9.15 Å². The molecule has 0 saturated carbocycles. The predicted octanol–water partition coefficient (Wildman–Crippen LogP) is 2.88. The molecule has 5 heteroatoms. The third-order valence-corrected chi connectivity index (χ3v) is 3.32. The molecule has 0 aromatic carbocycles. The Labute approximate surface area is 98.5 Å². The van der Waals surface area contributed by atoms with Crippen LogP contribution >= 0.6 is 15.9 Å². The minimum atomic E-state index is 0.165. The standard InChI is InChI=1S/C10H17BrN2O2/c1-4-8(11)10-13-12-9(15-10)6-5-7(2)14-3/h7-8H,4-6H2,1-3H3. The maximum absolute atomic E-state index is 5.51. The van der Waals surface area contributed by atoms with Crippen molar-refractivity contribution in [3.63, 3.8) is 0 Å². The Balaban J connectivity index is 2.46. The summed E-state index contributed by atoms with van der Waals surface area (Å²) in [5.74, 6) is 1.35. The topological polar surface area (TPSA) is 48.2 Å². The number of hydrogen-bond donors (Lipinski definition) is 0. The summed E-state index contributed by atoms with van der Waals surface area (Å²) in [5.41, 5.74) is 0. The van der Waals surface area contributed by atoms with Crippen molar-refractivity contribution in [2.24, 2.45) is 0 Å². The van der Waals surface area contributed by atoms with Crippen molar-refractivity contribution in [2.75, 3.05) is 7.11 Å². The zero-order valence-corrected chi connectivity index (χ0v) is 11.0. The molecular formula is C10H17BrN2O2. The molecule has 1 aromatic heterocycles. The second-order valence-electron chi connectivity index (χ2n) is 3.49. The lowest BCUT2D eigenvalue weighted by Gasteiger charge is -2.05. The summed E-state index contributed by atoms with van der Waals surface area (Å²) in [6.07, 6.45) is 2.84. The van der Waals surface area contributed by atoms with E-state index in [-0.39, 0.29) is 10.9 Å². The van der Waals surface area contributed by atoms with Crippen molar-refractivity contribution in [1.82, 2.24) is 10.2 Å². The number of alkyl halides is 1. The number of hydrogen-bond acceptors (Lipinski definition) is 4. The summed E-state index contributed by atoms with van der Waals surface area (Å²) in [5, 5.41) is 7.98. The molecule has 2 unspecified atom stereocenters. The van der Waals surface area contributed by atoms with E-state index in [1.54, 1.807) is 7.11 Å². The largest absolute Gasteiger partial charge is 0.424 e. The van der Waals surface area contributed by atoms with Crippen LogP contribution < -0.4 is 0 Å². The maximum Gasteiger partial charge on any atom is 0.230 e. The first-order valence-electron chi connectivity index (χ1n) is 5.16. The molecule has 0 bridgehead atoms. The number of ether oxygens (including phenoxy) is 1. The minimum absolute atomic E-state index is 0.165. The van der Waals surface area contributed by atoms with Crippen LogP contribution in [0.25, 0.3) is 0 Å². The first-order valence-corrected chi connectivity index (χ1v) is 6.08. The van der Waals surface area contributed by atoms with Crippen molar-refractivity contribution < 1.29 is 9.15 Å². The first-order chi connectivity index (χ1) is 7.17. The highest BCUT2D eigenvalue weighted by Gasteiger charge is 2.13. The van der Waals surface area contributed by atoms with E-state index in [0.29, 0.717) is 11.8 Å². The average molecular weight is 277 g/mol. The third-order valence-electron chi connectivity index (χ3n) is 2.28. The molecule has 0 spiro atoms. The van der Waals surface area contributed by atoms with E-state index in [2.05, 4.69) is 33.1 Å². The molecule has 0 radical (unpaired) electrons. The van der Waals surface area contributed by atoms with Gasteiger partial charge in [0.25, 0.3) is 0 Å². The molecule has 0 saturated heterocycles. The van der Waals surface area contributed by atoms with Crippen LogP contribution in [0.4, 0.5) is 0 Å². The SMILES string of the molecule is CCC(Br)c1nnc(CCC(C)OC)o1. The highest BCUT2D eigenvalue weighted by molar-refractivity contribution is 9.09. The molecule has 15 heavy (non-hydrogen) atoms. The van der Waals surface area contributed by atoms with Gasteiger partial charge in [0, 0.05) is 13.5 Å². The fraction of sp³-hybridized carbons (Fsp3) is 0.800. The van der Waals surface area contributed by atoms with Gasteiger partial charge in [0.2, 0.25) is 11.8 Å². The van der Waals surface area contributed by atoms with Gasteiger partial charge in [-0.1, -0.05) is 22.9 Å². The fourth-order valence-electron chi connectivity index (χ4n) is 1.11. The van der Waals surface area contributed by atoms with Crippen molar-refractivity contribution >= 4 is 15.9 Å². The van der Waals surface area contributed by atoms with Crippen LogP contribution in [0.3, 0.4) is 0 Å². The van der Waals surface area contributed by atoms with Gasteiger partial charge in [-0.3, -0.25) is 0 Å². The van der Waals surface area contributed by atoms with Crippen molar-refractivity contribution in [1.29, 1.82) is 0 Å². The van der Waals surface area contributed by atoms with Crippen LogP contribution in [0.15, 0.2) is 4.42 Å². The lowest BCUT2D eigenvalue weighted by Crippen LogP contribution is -2.05. The highest BCUT2D eigenvalue weighted by atomic mass is 79.9. The van der Waals surface area contributed by atoms with Gasteiger partial charge in [-0.05, 0) is 19.8 Å². The molecule has 0 N–H and O–H groups in total. The lowest BCUT2D eigenvalue weighted by molar-refractivity contribution is 0.109. The van der Waals surface area contributed by atoms with Gasteiger partial charge in [-0.25, -0.2) is 0 Å². The van der Waals surface area contributed by atoms with Gasteiger partial charge >= 0.3 is 0 Å². The number of nitrogens with zero attached hydrogens (tertiary/aromatic N) is 2. The molecule has 0 fully saturated rings. The number of aromatic nitrogens is 2.